The van der Waals surface area contributed by atoms with Crippen LogP contribution in [0.4, 0.5) is 0 Å². The molecule has 1 N–H and O–H groups in total. The van der Waals surface area contributed by atoms with Crippen molar-refractivity contribution in [2.45, 2.75) is 37.1 Å². The zero-order valence-corrected chi connectivity index (χ0v) is 10.1. The van der Waals surface area contributed by atoms with Crippen LogP contribution in [0.2, 0.25) is 0 Å². The maximum absolute atomic E-state index is 3.92. The van der Waals surface area contributed by atoms with E-state index in [-0.39, 0.29) is 0 Å². The van der Waals surface area contributed by atoms with Gasteiger partial charge in [-0.1, -0.05) is 11.6 Å². The van der Waals surface area contributed by atoms with E-state index in [1.54, 1.807) is 0 Å². The van der Waals surface area contributed by atoms with Crippen molar-refractivity contribution in [1.82, 2.24) is 20.3 Å². The van der Waals surface area contributed by atoms with Gasteiger partial charge in [-0.3, -0.25) is 4.68 Å². The van der Waals surface area contributed by atoms with Gasteiger partial charge in [0.2, 0.25) is 0 Å². The first-order valence-corrected chi connectivity index (χ1v) is 6.70. The summed E-state index contributed by atoms with van der Waals surface area (Å²) in [5.74, 6) is 0. The molecule has 0 aromatic carbocycles. The van der Waals surface area contributed by atoms with Crippen LogP contribution in [-0.4, -0.2) is 32.5 Å². The molecule has 0 bridgehead atoms. The zero-order valence-electron chi connectivity index (χ0n) is 9.31. The van der Waals surface area contributed by atoms with Gasteiger partial charge >= 0.3 is 0 Å². The summed E-state index contributed by atoms with van der Waals surface area (Å²) in [5, 5.41) is 12.2. The van der Waals surface area contributed by atoms with Crippen molar-refractivity contribution in [2.75, 3.05) is 6.26 Å². The summed E-state index contributed by atoms with van der Waals surface area (Å²) in [7, 11) is 1.94. The second kappa shape index (κ2) is 4.99. The van der Waals surface area contributed by atoms with Gasteiger partial charge in [0.1, 0.15) is 0 Å². The Morgan fingerprint density at radius 3 is 3.13 bits per heavy atom. The van der Waals surface area contributed by atoms with Crippen molar-refractivity contribution in [3.05, 3.63) is 11.9 Å². The number of rotatable bonds is 4. The van der Waals surface area contributed by atoms with Crippen LogP contribution < -0.4 is 5.32 Å². The first kappa shape index (κ1) is 11.0. The van der Waals surface area contributed by atoms with Gasteiger partial charge in [0, 0.05) is 24.9 Å². The second-order valence-electron chi connectivity index (χ2n) is 4.04. The van der Waals surface area contributed by atoms with Gasteiger partial charge in [0.25, 0.3) is 0 Å². The highest BCUT2D eigenvalue weighted by Crippen LogP contribution is 2.28. The number of hydrogen-bond acceptors (Lipinski definition) is 4. The normalized spacial score (nSPS) is 26.0. The van der Waals surface area contributed by atoms with E-state index in [2.05, 4.69) is 21.9 Å². The smallest absolute Gasteiger partial charge is 0.0738 e. The Morgan fingerprint density at radius 2 is 2.47 bits per heavy atom. The summed E-state index contributed by atoms with van der Waals surface area (Å²) in [4.78, 5) is 0. The average Bonchev–Trinajstić information content (AvgIpc) is 2.83. The molecule has 15 heavy (non-hydrogen) atoms. The van der Waals surface area contributed by atoms with E-state index < -0.39 is 0 Å². The third-order valence-corrected chi connectivity index (χ3v) is 4.28. The van der Waals surface area contributed by atoms with Crippen LogP contribution in [-0.2, 0) is 13.6 Å². The number of hydrogen-bond donors (Lipinski definition) is 1. The molecule has 1 fully saturated rings. The fourth-order valence-electron chi connectivity index (χ4n) is 2.15. The number of aromatic nitrogens is 3. The van der Waals surface area contributed by atoms with E-state index in [4.69, 9.17) is 0 Å². The molecule has 84 valence electrons. The third-order valence-electron chi connectivity index (χ3n) is 3.11. The number of thioether (sulfide) groups is 1. The monoisotopic (exact) mass is 226 g/mol. The van der Waals surface area contributed by atoms with Gasteiger partial charge in [-0.15, -0.1) is 5.10 Å². The van der Waals surface area contributed by atoms with Crippen LogP contribution in [0.1, 0.15) is 25.0 Å². The topological polar surface area (TPSA) is 42.7 Å². The molecular weight excluding hydrogens is 208 g/mol. The van der Waals surface area contributed by atoms with Crippen molar-refractivity contribution in [1.29, 1.82) is 0 Å². The zero-order chi connectivity index (χ0) is 10.7. The third kappa shape index (κ3) is 2.52. The molecule has 1 aromatic heterocycles. The molecule has 2 unspecified atom stereocenters. The largest absolute Gasteiger partial charge is 0.307 e. The maximum Gasteiger partial charge on any atom is 0.0738 e. The lowest BCUT2D eigenvalue weighted by Crippen LogP contribution is -2.33. The summed E-state index contributed by atoms with van der Waals surface area (Å²) in [5.41, 5.74) is 1.15. The van der Waals surface area contributed by atoms with E-state index in [9.17, 15) is 0 Å². The lowest BCUT2D eigenvalue weighted by atomic mass is 10.2. The Bertz CT molecular complexity index is 312. The van der Waals surface area contributed by atoms with Crippen LogP contribution in [0.5, 0.6) is 0 Å². The van der Waals surface area contributed by atoms with Gasteiger partial charge in [-0.25, -0.2) is 0 Å². The predicted octanol–water partition coefficient (Wildman–Crippen LogP) is 1.19. The van der Waals surface area contributed by atoms with Crippen LogP contribution in [0.25, 0.3) is 0 Å². The summed E-state index contributed by atoms with van der Waals surface area (Å²) in [6.07, 6.45) is 8.04. The standard InChI is InChI=1S/C10H18N4S/c1-14-8(7-12-13-14)6-11-9-4-3-5-10(9)15-2/h7,9-11H,3-6H2,1-2H3. The van der Waals surface area contributed by atoms with E-state index in [0.717, 1.165) is 17.5 Å². The molecule has 2 atom stereocenters. The molecule has 1 heterocycles. The predicted molar refractivity (Wildman–Crippen MR) is 62.8 cm³/mol. The highest BCUT2D eigenvalue weighted by molar-refractivity contribution is 7.99. The first-order chi connectivity index (χ1) is 7.31. The molecule has 0 spiro atoms. The summed E-state index contributed by atoms with van der Waals surface area (Å²) < 4.78 is 1.83. The molecule has 4 nitrogen and oxygen atoms in total. The van der Waals surface area contributed by atoms with Gasteiger partial charge in [-0.05, 0) is 19.1 Å². The summed E-state index contributed by atoms with van der Waals surface area (Å²) >= 11 is 1.98. The van der Waals surface area contributed by atoms with E-state index >= 15 is 0 Å². The molecule has 1 aliphatic carbocycles. The van der Waals surface area contributed by atoms with Crippen molar-refractivity contribution in [3.8, 4) is 0 Å². The minimum atomic E-state index is 0.662. The van der Waals surface area contributed by atoms with Gasteiger partial charge in [0.05, 0.1) is 11.9 Å². The van der Waals surface area contributed by atoms with Gasteiger partial charge in [-0.2, -0.15) is 11.8 Å². The highest BCUT2D eigenvalue weighted by Gasteiger charge is 2.25. The van der Waals surface area contributed by atoms with E-state index in [1.165, 1.54) is 19.3 Å². The van der Waals surface area contributed by atoms with Crippen LogP contribution in [0.3, 0.4) is 0 Å². The summed E-state index contributed by atoms with van der Waals surface area (Å²) in [6.45, 7) is 0.880. The molecule has 1 aromatic rings. The Labute approximate surface area is 94.8 Å². The Kier molecular flexibility index (Phi) is 3.64. The van der Waals surface area contributed by atoms with Crippen molar-refractivity contribution < 1.29 is 0 Å². The SMILES string of the molecule is CSC1CCCC1NCc1cnnn1C. The van der Waals surface area contributed by atoms with Gasteiger partial charge in [0.15, 0.2) is 0 Å². The molecule has 0 aliphatic heterocycles. The molecule has 0 saturated heterocycles. The summed E-state index contributed by atoms with van der Waals surface area (Å²) in [6, 6.07) is 0.662. The van der Waals surface area contributed by atoms with Crippen molar-refractivity contribution in [3.63, 3.8) is 0 Å². The fraction of sp³-hybridized carbons (Fsp3) is 0.800. The second-order valence-corrected chi connectivity index (χ2v) is 5.12. The lowest BCUT2D eigenvalue weighted by molar-refractivity contribution is 0.514. The first-order valence-electron chi connectivity index (χ1n) is 5.41. The maximum atomic E-state index is 3.92. The number of nitrogens with one attached hydrogen (secondary N) is 1. The molecule has 1 aliphatic rings. The van der Waals surface area contributed by atoms with Crippen LogP contribution >= 0.6 is 11.8 Å². The minimum Gasteiger partial charge on any atom is -0.307 e. The molecule has 0 radical (unpaired) electrons. The van der Waals surface area contributed by atoms with Gasteiger partial charge < -0.3 is 5.32 Å². The highest BCUT2D eigenvalue weighted by atomic mass is 32.2. The number of nitrogens with zero attached hydrogens (tertiary/aromatic N) is 3. The Hall–Kier alpha value is -0.550. The Balaban J connectivity index is 1.85. The minimum absolute atomic E-state index is 0.662. The van der Waals surface area contributed by atoms with Crippen molar-refractivity contribution in [2.24, 2.45) is 7.05 Å². The van der Waals surface area contributed by atoms with Crippen LogP contribution in [0, 0.1) is 0 Å². The molecule has 0 amide bonds. The van der Waals surface area contributed by atoms with Crippen LogP contribution in [0.15, 0.2) is 6.20 Å². The molecular formula is C10H18N4S. The lowest BCUT2D eigenvalue weighted by Gasteiger charge is -2.18. The van der Waals surface area contributed by atoms with E-state index in [0.29, 0.717) is 6.04 Å². The fourth-order valence-corrected chi connectivity index (χ4v) is 3.11. The van der Waals surface area contributed by atoms with E-state index in [1.807, 2.05) is 29.7 Å². The molecule has 5 heteroatoms. The number of aryl methyl sites for hydroxylation is 1. The van der Waals surface area contributed by atoms with Crippen molar-refractivity contribution >= 4 is 11.8 Å². The Morgan fingerprint density at radius 1 is 1.60 bits per heavy atom. The quantitative estimate of drug-likeness (QED) is 0.837. The average molecular weight is 226 g/mol. The molecule has 1 saturated carbocycles. The molecule has 2 rings (SSSR count).